The van der Waals surface area contributed by atoms with Crippen molar-refractivity contribution in [2.45, 2.75) is 12.2 Å². The minimum Gasteiger partial charge on any atom is -0.351 e. The van der Waals surface area contributed by atoms with Crippen LogP contribution in [0.5, 0.6) is 0 Å². The number of thioether (sulfide) groups is 1. The number of aromatic nitrogens is 4. The van der Waals surface area contributed by atoms with Crippen LogP contribution in [0.4, 0.5) is 5.82 Å². The van der Waals surface area contributed by atoms with Crippen LogP contribution in [0.3, 0.4) is 0 Å². The number of aliphatic imine (C=N–C) groups is 1. The van der Waals surface area contributed by atoms with Gasteiger partial charge in [0.25, 0.3) is 0 Å². The number of fused-ring (bicyclic) bond motifs is 1. The Hall–Kier alpha value is -1.83. The molecule has 0 aromatic carbocycles. The lowest BCUT2D eigenvalue weighted by Crippen LogP contribution is -2.48. The van der Waals surface area contributed by atoms with Gasteiger partial charge in [-0.2, -0.15) is 0 Å². The Morgan fingerprint density at radius 3 is 2.71 bits per heavy atom. The first-order chi connectivity index (χ1) is 10.3. The van der Waals surface area contributed by atoms with E-state index in [-0.39, 0.29) is 0 Å². The van der Waals surface area contributed by atoms with Crippen molar-refractivity contribution in [1.82, 2.24) is 24.8 Å². The number of rotatable bonds is 1. The van der Waals surface area contributed by atoms with Crippen LogP contribution in [0.1, 0.15) is 6.92 Å². The minimum absolute atomic E-state index is 0.615. The van der Waals surface area contributed by atoms with E-state index in [1.54, 1.807) is 12.7 Å². The number of nitrogens with zero attached hydrogens (tertiary/aromatic N) is 6. The van der Waals surface area contributed by atoms with Crippen LogP contribution in [0.15, 0.2) is 17.6 Å². The van der Waals surface area contributed by atoms with Gasteiger partial charge in [0.05, 0.1) is 12.9 Å². The summed E-state index contributed by atoms with van der Waals surface area (Å²) in [5.74, 6) is 0.950. The Bertz CT molecular complexity index is 674. The first-order valence-corrected chi connectivity index (χ1v) is 8.04. The molecule has 4 heterocycles. The molecule has 21 heavy (non-hydrogen) atoms. The van der Waals surface area contributed by atoms with Gasteiger partial charge < -0.3 is 14.8 Å². The molecule has 0 radical (unpaired) electrons. The highest BCUT2D eigenvalue weighted by molar-refractivity contribution is 8.14. The summed E-state index contributed by atoms with van der Waals surface area (Å²) in [6, 6.07) is 0. The molecule has 0 amide bonds. The van der Waals surface area contributed by atoms with E-state index in [2.05, 4.69) is 41.7 Å². The topological polar surface area (TPSA) is 73.3 Å². The standard InChI is InChI=1S/C13H17N7S/c1-9-6-14-13(21-9)20-4-2-19(3-5-20)12-10-11(16-7-15-10)17-8-18-12/h7-9H,2-6H2,1H3,(H,15,16,17,18)/t9-/m0/s1. The van der Waals surface area contributed by atoms with Crippen LogP contribution in [0, 0.1) is 0 Å². The second-order valence-electron chi connectivity index (χ2n) is 5.32. The third kappa shape index (κ3) is 2.33. The Morgan fingerprint density at radius 2 is 1.95 bits per heavy atom. The molecule has 7 nitrogen and oxygen atoms in total. The summed E-state index contributed by atoms with van der Waals surface area (Å²) in [6.07, 6.45) is 3.26. The molecular weight excluding hydrogens is 286 g/mol. The average molecular weight is 303 g/mol. The fourth-order valence-corrected chi connectivity index (χ4v) is 3.73. The largest absolute Gasteiger partial charge is 0.351 e. The molecular formula is C13H17N7S. The van der Waals surface area contributed by atoms with Crippen molar-refractivity contribution < 1.29 is 0 Å². The van der Waals surface area contributed by atoms with Crippen molar-refractivity contribution >= 4 is 33.9 Å². The maximum absolute atomic E-state index is 4.63. The van der Waals surface area contributed by atoms with E-state index >= 15 is 0 Å². The number of hydrogen-bond acceptors (Lipinski definition) is 7. The molecule has 1 atom stereocenters. The van der Waals surface area contributed by atoms with Crippen LogP contribution in [-0.4, -0.2) is 68.0 Å². The lowest BCUT2D eigenvalue weighted by Gasteiger charge is -2.36. The summed E-state index contributed by atoms with van der Waals surface area (Å²) in [6.45, 7) is 7.03. The van der Waals surface area contributed by atoms with Gasteiger partial charge in [0.2, 0.25) is 0 Å². The molecule has 2 aromatic rings. The van der Waals surface area contributed by atoms with E-state index in [1.165, 1.54) is 5.17 Å². The number of imidazole rings is 1. The Kier molecular flexibility index (Phi) is 3.17. The maximum atomic E-state index is 4.63. The zero-order chi connectivity index (χ0) is 14.2. The first-order valence-electron chi connectivity index (χ1n) is 7.16. The van der Waals surface area contributed by atoms with Gasteiger partial charge in [-0.05, 0) is 0 Å². The highest BCUT2D eigenvalue weighted by Gasteiger charge is 2.26. The van der Waals surface area contributed by atoms with Crippen molar-refractivity contribution in [3.8, 4) is 0 Å². The summed E-state index contributed by atoms with van der Waals surface area (Å²) in [7, 11) is 0. The van der Waals surface area contributed by atoms with Crippen molar-refractivity contribution in [3.63, 3.8) is 0 Å². The van der Waals surface area contributed by atoms with Crippen molar-refractivity contribution in [1.29, 1.82) is 0 Å². The second-order valence-corrected chi connectivity index (χ2v) is 6.73. The van der Waals surface area contributed by atoms with Gasteiger partial charge in [-0.3, -0.25) is 4.99 Å². The fourth-order valence-electron chi connectivity index (χ4n) is 2.74. The van der Waals surface area contributed by atoms with Crippen molar-refractivity contribution in [3.05, 3.63) is 12.7 Å². The predicted molar refractivity (Wildman–Crippen MR) is 84.8 cm³/mol. The molecule has 8 heteroatoms. The molecule has 1 N–H and O–H groups in total. The predicted octanol–water partition coefficient (Wildman–Crippen LogP) is 0.966. The third-order valence-electron chi connectivity index (χ3n) is 3.84. The van der Waals surface area contributed by atoms with Gasteiger partial charge in [0, 0.05) is 31.4 Å². The van der Waals surface area contributed by atoms with Gasteiger partial charge in [-0.15, -0.1) is 0 Å². The molecule has 1 fully saturated rings. The molecule has 0 bridgehead atoms. The molecule has 2 aromatic heterocycles. The van der Waals surface area contributed by atoms with E-state index in [9.17, 15) is 0 Å². The monoisotopic (exact) mass is 303 g/mol. The van der Waals surface area contributed by atoms with E-state index in [0.29, 0.717) is 5.25 Å². The zero-order valence-corrected chi connectivity index (χ0v) is 12.7. The van der Waals surface area contributed by atoms with Crippen molar-refractivity contribution in [2.24, 2.45) is 4.99 Å². The molecule has 1 saturated heterocycles. The summed E-state index contributed by atoms with van der Waals surface area (Å²) in [5.41, 5.74) is 1.65. The molecule has 0 unspecified atom stereocenters. The van der Waals surface area contributed by atoms with Crippen LogP contribution >= 0.6 is 11.8 Å². The minimum atomic E-state index is 0.615. The van der Waals surface area contributed by atoms with Gasteiger partial charge in [-0.1, -0.05) is 18.7 Å². The van der Waals surface area contributed by atoms with E-state index in [4.69, 9.17) is 0 Å². The number of nitrogens with one attached hydrogen (secondary N) is 1. The molecule has 0 aliphatic carbocycles. The number of hydrogen-bond donors (Lipinski definition) is 1. The molecule has 110 valence electrons. The normalized spacial score (nSPS) is 22.9. The highest BCUT2D eigenvalue weighted by atomic mass is 32.2. The maximum Gasteiger partial charge on any atom is 0.182 e. The highest BCUT2D eigenvalue weighted by Crippen LogP contribution is 2.25. The number of H-pyrrole nitrogens is 1. The first kappa shape index (κ1) is 12.9. The van der Waals surface area contributed by atoms with Gasteiger partial charge >= 0.3 is 0 Å². The second kappa shape index (κ2) is 5.18. The number of amidine groups is 1. The fraction of sp³-hybridized carbons (Fsp3) is 0.538. The molecule has 2 aliphatic rings. The Labute approximate surface area is 126 Å². The Morgan fingerprint density at radius 1 is 1.14 bits per heavy atom. The molecule has 4 rings (SSSR count). The van der Waals surface area contributed by atoms with Crippen molar-refractivity contribution in [2.75, 3.05) is 37.6 Å². The average Bonchev–Trinajstić information content (AvgIpc) is 3.15. The molecule has 0 spiro atoms. The zero-order valence-electron chi connectivity index (χ0n) is 11.9. The van der Waals surface area contributed by atoms with Gasteiger partial charge in [0.1, 0.15) is 11.8 Å². The van der Waals surface area contributed by atoms with Crippen LogP contribution in [0.25, 0.3) is 11.2 Å². The summed E-state index contributed by atoms with van der Waals surface area (Å²) >= 11 is 1.89. The van der Waals surface area contributed by atoms with E-state index < -0.39 is 0 Å². The third-order valence-corrected chi connectivity index (χ3v) is 4.99. The number of piperazine rings is 1. The van der Waals surface area contributed by atoms with Crippen LogP contribution in [-0.2, 0) is 0 Å². The number of aromatic amines is 1. The van der Waals surface area contributed by atoms with Crippen LogP contribution < -0.4 is 4.90 Å². The van der Waals surface area contributed by atoms with E-state index in [0.717, 1.165) is 49.7 Å². The van der Waals surface area contributed by atoms with Crippen LogP contribution in [0.2, 0.25) is 0 Å². The molecule has 0 saturated carbocycles. The SMILES string of the molecule is C[C@H]1CN=C(N2CCN(c3ncnc4nc[nH]c34)CC2)S1. The molecule has 2 aliphatic heterocycles. The quantitative estimate of drug-likeness (QED) is 0.846. The lowest BCUT2D eigenvalue weighted by molar-refractivity contribution is 0.391. The summed E-state index contributed by atoms with van der Waals surface area (Å²) < 4.78 is 0. The van der Waals surface area contributed by atoms with Gasteiger partial charge in [-0.25, -0.2) is 15.0 Å². The lowest BCUT2D eigenvalue weighted by atomic mass is 10.3. The number of anilines is 1. The summed E-state index contributed by atoms with van der Waals surface area (Å²) in [5, 5.41) is 1.82. The smallest absolute Gasteiger partial charge is 0.182 e. The van der Waals surface area contributed by atoms with E-state index in [1.807, 2.05) is 11.8 Å². The Balaban J connectivity index is 1.49. The summed E-state index contributed by atoms with van der Waals surface area (Å²) in [4.78, 5) is 25.2. The van der Waals surface area contributed by atoms with Gasteiger partial charge in [0.15, 0.2) is 16.6 Å².